The first kappa shape index (κ1) is 18.0. The second-order valence-electron chi connectivity index (χ2n) is 5.54. The number of H-pyrrole nitrogens is 1. The Balaban J connectivity index is 1.83. The third-order valence-corrected chi connectivity index (χ3v) is 5.46. The molecule has 0 spiro atoms. The molecule has 0 aliphatic carbocycles. The van der Waals surface area contributed by atoms with E-state index < -0.39 is 33.7 Å². The number of benzene rings is 1. The van der Waals surface area contributed by atoms with E-state index in [-0.39, 0.29) is 4.90 Å². The van der Waals surface area contributed by atoms with E-state index >= 15 is 0 Å². The summed E-state index contributed by atoms with van der Waals surface area (Å²) >= 11 is 1.29. The number of primary sulfonamides is 1. The quantitative estimate of drug-likeness (QED) is 0.585. The molecule has 0 aliphatic heterocycles. The van der Waals surface area contributed by atoms with Crippen molar-refractivity contribution < 1.29 is 13.2 Å². The molecule has 0 unspecified atom stereocenters. The molecule has 3 rings (SSSR count). The van der Waals surface area contributed by atoms with Crippen LogP contribution in [0.1, 0.15) is 4.88 Å². The summed E-state index contributed by atoms with van der Waals surface area (Å²) in [6, 6.07) is 6.85. The molecule has 3 aromatic rings. The number of nitrogens with zero attached hydrogens (tertiary/aromatic N) is 1. The second-order valence-corrected chi connectivity index (χ2v) is 8.36. The van der Waals surface area contributed by atoms with Crippen LogP contribution in [0.25, 0.3) is 10.2 Å². The molecule has 11 heteroatoms. The van der Waals surface area contributed by atoms with Crippen molar-refractivity contribution in [2.75, 3.05) is 5.32 Å². The summed E-state index contributed by atoms with van der Waals surface area (Å²) in [5, 5.41) is 7.84. The molecule has 136 valence electrons. The van der Waals surface area contributed by atoms with Crippen LogP contribution in [0.3, 0.4) is 0 Å². The molecule has 26 heavy (non-hydrogen) atoms. The van der Waals surface area contributed by atoms with Gasteiger partial charge in [0.05, 0.1) is 10.3 Å². The Hall–Kier alpha value is -2.76. The Morgan fingerprint density at radius 1 is 1.27 bits per heavy atom. The van der Waals surface area contributed by atoms with Gasteiger partial charge in [0.25, 0.3) is 5.56 Å². The molecule has 2 aromatic heterocycles. The van der Waals surface area contributed by atoms with Gasteiger partial charge in [0.1, 0.15) is 11.4 Å². The molecular weight excluding hydrogens is 380 g/mol. The van der Waals surface area contributed by atoms with Gasteiger partial charge in [-0.2, -0.15) is 0 Å². The van der Waals surface area contributed by atoms with Crippen molar-refractivity contribution in [3.05, 3.63) is 56.0 Å². The topological polar surface area (TPSA) is 144 Å². The molecule has 0 radical (unpaired) electrons. The third-order valence-electron chi connectivity index (χ3n) is 3.56. The second kappa shape index (κ2) is 6.52. The number of anilines is 1. The predicted octanol–water partition coefficient (Wildman–Crippen LogP) is 0.346. The zero-order valence-electron chi connectivity index (χ0n) is 13.5. The number of sulfonamides is 1. The van der Waals surface area contributed by atoms with E-state index in [4.69, 9.17) is 5.14 Å². The highest BCUT2D eigenvalue weighted by molar-refractivity contribution is 7.89. The van der Waals surface area contributed by atoms with Gasteiger partial charge in [0.15, 0.2) is 0 Å². The molecule has 0 bridgehead atoms. The number of rotatable bonds is 4. The zero-order chi connectivity index (χ0) is 19.1. The van der Waals surface area contributed by atoms with E-state index in [1.165, 1.54) is 35.6 Å². The average molecular weight is 394 g/mol. The molecule has 1 amide bonds. The number of nitrogens with one attached hydrogen (secondary N) is 2. The first-order valence-corrected chi connectivity index (χ1v) is 9.67. The van der Waals surface area contributed by atoms with Crippen LogP contribution in [0, 0.1) is 6.92 Å². The summed E-state index contributed by atoms with van der Waals surface area (Å²) < 4.78 is 23.2. The lowest BCUT2D eigenvalue weighted by molar-refractivity contribution is -0.116. The van der Waals surface area contributed by atoms with Crippen molar-refractivity contribution in [2.45, 2.75) is 18.4 Å². The number of fused-ring (bicyclic) bond motifs is 1. The maximum Gasteiger partial charge on any atom is 0.329 e. The number of nitrogens with two attached hydrogens (primary N) is 1. The third kappa shape index (κ3) is 3.59. The maximum absolute atomic E-state index is 12.4. The number of carbonyl (C=O) groups is 1. The highest BCUT2D eigenvalue weighted by Gasteiger charge is 2.14. The van der Waals surface area contributed by atoms with Gasteiger partial charge in [-0.05, 0) is 37.3 Å². The first-order valence-electron chi connectivity index (χ1n) is 7.31. The summed E-state index contributed by atoms with van der Waals surface area (Å²) in [4.78, 5) is 40.4. The largest absolute Gasteiger partial charge is 0.329 e. The Labute approximate surface area is 151 Å². The van der Waals surface area contributed by atoms with E-state index in [9.17, 15) is 22.8 Å². The molecule has 4 N–H and O–H groups in total. The van der Waals surface area contributed by atoms with Crippen LogP contribution in [0.2, 0.25) is 0 Å². The molecule has 9 nitrogen and oxygen atoms in total. The Bertz CT molecular complexity index is 1220. The van der Waals surface area contributed by atoms with Gasteiger partial charge in [0.2, 0.25) is 15.9 Å². The summed E-state index contributed by atoms with van der Waals surface area (Å²) in [7, 11) is -3.83. The van der Waals surface area contributed by atoms with Gasteiger partial charge in [-0.15, -0.1) is 11.3 Å². The summed E-state index contributed by atoms with van der Waals surface area (Å²) in [5.74, 6) is -0.604. The van der Waals surface area contributed by atoms with Crippen molar-refractivity contribution in [1.29, 1.82) is 0 Å². The number of hydrogen-bond donors (Lipinski definition) is 3. The minimum absolute atomic E-state index is 0.0959. The molecule has 0 aliphatic rings. The normalized spacial score (nSPS) is 11.6. The van der Waals surface area contributed by atoms with Crippen molar-refractivity contribution in [3.63, 3.8) is 0 Å². The van der Waals surface area contributed by atoms with Crippen LogP contribution in [-0.2, 0) is 21.4 Å². The smallest absolute Gasteiger partial charge is 0.325 e. The number of amides is 1. The zero-order valence-corrected chi connectivity index (χ0v) is 15.1. The van der Waals surface area contributed by atoms with Gasteiger partial charge in [-0.25, -0.2) is 18.4 Å². The van der Waals surface area contributed by atoms with E-state index in [1.807, 2.05) is 6.92 Å². The molecule has 0 fully saturated rings. The highest BCUT2D eigenvalue weighted by Crippen LogP contribution is 2.18. The summed E-state index contributed by atoms with van der Waals surface area (Å²) in [5.41, 5.74) is -0.920. The fourth-order valence-electron chi connectivity index (χ4n) is 2.38. The Morgan fingerprint density at radius 2 is 1.92 bits per heavy atom. The number of aromatic amines is 1. The summed E-state index contributed by atoms with van der Waals surface area (Å²) in [6.45, 7) is 1.33. The molecule has 2 heterocycles. The minimum atomic E-state index is -3.83. The summed E-state index contributed by atoms with van der Waals surface area (Å²) in [6.07, 6.45) is 0. The SMILES string of the molecule is Cc1cc2c(=O)n(CC(=O)Nc3ccc(S(N)(=O)=O)cc3)c(=O)[nH]c2s1. The van der Waals surface area contributed by atoms with Crippen LogP contribution in [-0.4, -0.2) is 23.9 Å². The fourth-order valence-corrected chi connectivity index (χ4v) is 3.79. The van der Waals surface area contributed by atoms with E-state index in [1.54, 1.807) is 6.07 Å². The van der Waals surface area contributed by atoms with Crippen LogP contribution in [0.15, 0.2) is 44.8 Å². The molecule has 0 atom stereocenters. The van der Waals surface area contributed by atoms with Crippen LogP contribution < -0.4 is 21.7 Å². The first-order chi connectivity index (χ1) is 12.1. The van der Waals surface area contributed by atoms with Gasteiger partial charge >= 0.3 is 5.69 Å². The molecule has 1 aromatic carbocycles. The van der Waals surface area contributed by atoms with Crippen LogP contribution in [0.4, 0.5) is 5.69 Å². The van der Waals surface area contributed by atoms with E-state index in [0.717, 1.165) is 9.44 Å². The van der Waals surface area contributed by atoms with Crippen molar-refractivity contribution >= 4 is 43.2 Å². The lowest BCUT2D eigenvalue weighted by atomic mass is 10.3. The van der Waals surface area contributed by atoms with Crippen LogP contribution in [0.5, 0.6) is 0 Å². The number of hydrogen-bond acceptors (Lipinski definition) is 6. The van der Waals surface area contributed by atoms with Gasteiger partial charge in [-0.3, -0.25) is 19.1 Å². The molecule has 0 saturated heterocycles. The predicted molar refractivity (Wildman–Crippen MR) is 97.9 cm³/mol. The number of carbonyl (C=O) groups excluding carboxylic acids is 1. The van der Waals surface area contributed by atoms with Crippen LogP contribution >= 0.6 is 11.3 Å². The monoisotopic (exact) mass is 394 g/mol. The lowest BCUT2D eigenvalue weighted by Crippen LogP contribution is -2.38. The number of thiophene rings is 1. The standard InChI is InChI=1S/C15H14N4O5S2/c1-8-6-11-13(25-8)18-15(22)19(14(11)21)7-12(20)17-9-2-4-10(5-3-9)26(16,23)24/h2-6H,7H2,1H3,(H,17,20)(H,18,22)(H2,16,23,24). The fraction of sp³-hybridized carbons (Fsp3) is 0.133. The molecule has 0 saturated carbocycles. The highest BCUT2D eigenvalue weighted by atomic mass is 32.2. The molecular formula is C15H14N4O5S2. The van der Waals surface area contributed by atoms with Crippen molar-refractivity contribution in [3.8, 4) is 0 Å². The number of aromatic nitrogens is 2. The number of aryl methyl sites for hydroxylation is 1. The Morgan fingerprint density at radius 3 is 2.54 bits per heavy atom. The Kier molecular flexibility index (Phi) is 4.52. The minimum Gasteiger partial charge on any atom is -0.325 e. The van der Waals surface area contributed by atoms with Crippen molar-refractivity contribution in [1.82, 2.24) is 9.55 Å². The van der Waals surface area contributed by atoms with E-state index in [0.29, 0.717) is 15.9 Å². The van der Waals surface area contributed by atoms with Gasteiger partial charge < -0.3 is 5.32 Å². The average Bonchev–Trinajstić information content (AvgIpc) is 2.91. The lowest BCUT2D eigenvalue weighted by Gasteiger charge is -2.07. The van der Waals surface area contributed by atoms with Crippen molar-refractivity contribution in [2.24, 2.45) is 5.14 Å². The van der Waals surface area contributed by atoms with Gasteiger partial charge in [0, 0.05) is 10.6 Å². The van der Waals surface area contributed by atoms with Gasteiger partial charge in [-0.1, -0.05) is 0 Å². The van der Waals surface area contributed by atoms with E-state index in [2.05, 4.69) is 10.3 Å². The maximum atomic E-state index is 12.4.